The Morgan fingerprint density at radius 2 is 1.95 bits per heavy atom. The Morgan fingerprint density at radius 1 is 1.24 bits per heavy atom. The van der Waals surface area contributed by atoms with Crippen LogP contribution in [0, 0.1) is 0 Å². The number of halogens is 1. The highest BCUT2D eigenvalue weighted by molar-refractivity contribution is 9.10. The van der Waals surface area contributed by atoms with Crippen LogP contribution in [0.4, 0.5) is 11.4 Å². The minimum Gasteiger partial charge on any atom is -0.399 e. The fourth-order valence-corrected chi connectivity index (χ4v) is 3.50. The maximum atomic E-state index is 12.4. The normalized spacial score (nSPS) is 10.4. The van der Waals surface area contributed by atoms with Crippen LogP contribution in [-0.4, -0.2) is 18.2 Å². The lowest BCUT2D eigenvalue weighted by molar-refractivity contribution is -0.116. The van der Waals surface area contributed by atoms with Crippen LogP contribution in [-0.2, 0) is 4.79 Å². The van der Waals surface area contributed by atoms with Gasteiger partial charge in [-0.1, -0.05) is 18.2 Å². The largest absolute Gasteiger partial charge is 0.399 e. The zero-order valence-corrected chi connectivity index (χ0v) is 14.2. The molecule has 21 heavy (non-hydrogen) atoms. The quantitative estimate of drug-likeness (QED) is 0.639. The van der Waals surface area contributed by atoms with Gasteiger partial charge in [-0.15, -0.1) is 11.8 Å². The van der Waals surface area contributed by atoms with Gasteiger partial charge in [0, 0.05) is 27.3 Å². The van der Waals surface area contributed by atoms with Crippen molar-refractivity contribution < 1.29 is 4.79 Å². The highest BCUT2D eigenvalue weighted by Gasteiger charge is 2.14. The molecule has 0 spiro atoms. The number of anilines is 2. The van der Waals surface area contributed by atoms with Crippen LogP contribution in [0.3, 0.4) is 0 Å². The molecule has 0 saturated carbocycles. The Hall–Kier alpha value is -1.46. The molecular formula is C16H17BrN2OS. The monoisotopic (exact) mass is 364 g/mol. The molecule has 0 atom stereocenters. The number of hydrogen-bond acceptors (Lipinski definition) is 3. The van der Waals surface area contributed by atoms with E-state index in [4.69, 9.17) is 5.73 Å². The standard InChI is InChI=1S/C16H17BrN2OS/c1-2-19(13-6-4-3-5-7-13)16(20)11-21-15-9-8-12(18)10-14(15)17/h3-10H,2,11,18H2,1H3. The second-order valence-corrected chi connectivity index (χ2v) is 6.32. The van der Waals surface area contributed by atoms with Gasteiger partial charge >= 0.3 is 0 Å². The number of amides is 1. The molecule has 0 saturated heterocycles. The van der Waals surface area contributed by atoms with Gasteiger partial charge < -0.3 is 10.6 Å². The van der Waals surface area contributed by atoms with Crippen LogP contribution >= 0.6 is 27.7 Å². The third-order valence-electron chi connectivity index (χ3n) is 2.99. The van der Waals surface area contributed by atoms with Gasteiger partial charge in [-0.3, -0.25) is 4.79 Å². The average Bonchev–Trinajstić information content (AvgIpc) is 2.48. The number of para-hydroxylation sites is 1. The summed E-state index contributed by atoms with van der Waals surface area (Å²) in [6, 6.07) is 15.3. The maximum absolute atomic E-state index is 12.4. The number of carbonyl (C=O) groups is 1. The maximum Gasteiger partial charge on any atom is 0.237 e. The molecule has 2 aromatic carbocycles. The van der Waals surface area contributed by atoms with E-state index in [1.165, 1.54) is 11.8 Å². The summed E-state index contributed by atoms with van der Waals surface area (Å²) in [5, 5.41) is 0. The molecule has 2 N–H and O–H groups in total. The number of thioether (sulfide) groups is 1. The van der Waals surface area contributed by atoms with Gasteiger partial charge in [0.15, 0.2) is 0 Å². The molecule has 2 aromatic rings. The predicted octanol–water partition coefficient (Wildman–Crippen LogP) is 4.18. The van der Waals surface area contributed by atoms with Crippen LogP contribution in [0.5, 0.6) is 0 Å². The molecule has 2 rings (SSSR count). The van der Waals surface area contributed by atoms with Gasteiger partial charge in [-0.05, 0) is 53.2 Å². The van der Waals surface area contributed by atoms with Gasteiger partial charge in [0.2, 0.25) is 5.91 Å². The van der Waals surface area contributed by atoms with Crippen LogP contribution in [0.15, 0.2) is 57.9 Å². The number of nitrogens with two attached hydrogens (primary N) is 1. The molecule has 0 aromatic heterocycles. The summed E-state index contributed by atoms with van der Waals surface area (Å²) in [6.45, 7) is 2.64. The van der Waals surface area contributed by atoms with Gasteiger partial charge in [-0.25, -0.2) is 0 Å². The van der Waals surface area contributed by atoms with E-state index in [1.807, 2.05) is 55.5 Å². The topological polar surface area (TPSA) is 46.3 Å². The average molecular weight is 365 g/mol. The molecule has 3 nitrogen and oxygen atoms in total. The Kier molecular flexibility index (Phi) is 5.70. The van der Waals surface area contributed by atoms with Crippen LogP contribution in [0.1, 0.15) is 6.92 Å². The summed E-state index contributed by atoms with van der Waals surface area (Å²) in [4.78, 5) is 15.2. The van der Waals surface area contributed by atoms with Crippen molar-refractivity contribution in [2.45, 2.75) is 11.8 Å². The Balaban J connectivity index is 2.03. The highest BCUT2D eigenvalue weighted by Crippen LogP contribution is 2.29. The predicted molar refractivity (Wildman–Crippen MR) is 93.7 cm³/mol. The highest BCUT2D eigenvalue weighted by atomic mass is 79.9. The molecule has 5 heteroatoms. The summed E-state index contributed by atoms with van der Waals surface area (Å²) in [7, 11) is 0. The Labute approximate surface area is 137 Å². The van der Waals surface area contributed by atoms with E-state index in [0.29, 0.717) is 18.0 Å². The van der Waals surface area contributed by atoms with Gasteiger partial charge in [0.25, 0.3) is 0 Å². The first kappa shape index (κ1) is 15.9. The molecule has 1 amide bonds. The zero-order valence-electron chi connectivity index (χ0n) is 11.8. The van der Waals surface area contributed by atoms with Crippen molar-refractivity contribution in [3.05, 3.63) is 53.0 Å². The molecule has 0 aliphatic heterocycles. The molecule has 0 unspecified atom stereocenters. The number of nitrogen functional groups attached to an aromatic ring is 1. The minimum absolute atomic E-state index is 0.0948. The summed E-state index contributed by atoms with van der Waals surface area (Å²) >= 11 is 4.98. The fraction of sp³-hybridized carbons (Fsp3) is 0.188. The third kappa shape index (κ3) is 4.25. The van der Waals surface area contributed by atoms with E-state index in [-0.39, 0.29) is 5.91 Å². The summed E-state index contributed by atoms with van der Waals surface area (Å²) in [5.74, 6) is 0.489. The number of nitrogens with zero attached hydrogens (tertiary/aromatic N) is 1. The lowest BCUT2D eigenvalue weighted by Crippen LogP contribution is -2.32. The lowest BCUT2D eigenvalue weighted by Gasteiger charge is -2.21. The number of rotatable bonds is 5. The van der Waals surface area contributed by atoms with Crippen molar-refractivity contribution in [3.63, 3.8) is 0 Å². The van der Waals surface area contributed by atoms with Gasteiger partial charge in [0.05, 0.1) is 5.75 Å². The van der Waals surface area contributed by atoms with Crippen molar-refractivity contribution in [3.8, 4) is 0 Å². The summed E-state index contributed by atoms with van der Waals surface area (Å²) in [6.07, 6.45) is 0. The molecule has 0 bridgehead atoms. The zero-order chi connectivity index (χ0) is 15.2. The van der Waals surface area contributed by atoms with Gasteiger partial charge in [0.1, 0.15) is 0 Å². The molecule has 0 radical (unpaired) electrons. The third-order valence-corrected chi connectivity index (χ3v) is 4.97. The SMILES string of the molecule is CCN(C(=O)CSc1ccc(N)cc1Br)c1ccccc1. The van der Waals surface area contributed by atoms with Crippen LogP contribution in [0.2, 0.25) is 0 Å². The molecular weight excluding hydrogens is 348 g/mol. The van der Waals surface area contributed by atoms with Crippen molar-refractivity contribution in [1.29, 1.82) is 0 Å². The molecule has 110 valence electrons. The van der Waals surface area contributed by atoms with Crippen molar-refractivity contribution >= 4 is 45.0 Å². The molecule has 0 aliphatic rings. The van der Waals surface area contributed by atoms with E-state index in [2.05, 4.69) is 15.9 Å². The van der Waals surface area contributed by atoms with Crippen molar-refractivity contribution in [2.24, 2.45) is 0 Å². The first-order chi connectivity index (χ1) is 10.1. The minimum atomic E-state index is 0.0948. The molecule has 0 heterocycles. The van der Waals surface area contributed by atoms with Gasteiger partial charge in [-0.2, -0.15) is 0 Å². The molecule has 0 aliphatic carbocycles. The van der Waals surface area contributed by atoms with Crippen molar-refractivity contribution in [1.82, 2.24) is 0 Å². The first-order valence-electron chi connectivity index (χ1n) is 6.65. The van der Waals surface area contributed by atoms with Crippen LogP contribution in [0.25, 0.3) is 0 Å². The van der Waals surface area contributed by atoms with Crippen molar-refractivity contribution in [2.75, 3.05) is 22.9 Å². The van der Waals surface area contributed by atoms with Crippen LogP contribution < -0.4 is 10.6 Å². The lowest BCUT2D eigenvalue weighted by atomic mass is 10.3. The smallest absolute Gasteiger partial charge is 0.237 e. The summed E-state index contributed by atoms with van der Waals surface area (Å²) in [5.41, 5.74) is 7.35. The van der Waals surface area contributed by atoms with E-state index in [0.717, 1.165) is 15.1 Å². The second-order valence-electron chi connectivity index (χ2n) is 4.45. The van der Waals surface area contributed by atoms with E-state index in [9.17, 15) is 4.79 Å². The number of carbonyl (C=O) groups excluding carboxylic acids is 1. The number of benzene rings is 2. The Bertz CT molecular complexity index is 619. The van der Waals surface area contributed by atoms with E-state index >= 15 is 0 Å². The second kappa shape index (κ2) is 7.52. The fourth-order valence-electron chi connectivity index (χ4n) is 1.96. The molecule has 0 fully saturated rings. The summed E-state index contributed by atoms with van der Waals surface area (Å²) < 4.78 is 0.919. The number of hydrogen-bond donors (Lipinski definition) is 1. The van der Waals surface area contributed by atoms with E-state index in [1.54, 1.807) is 4.90 Å². The first-order valence-corrected chi connectivity index (χ1v) is 8.43. The Morgan fingerprint density at radius 3 is 2.57 bits per heavy atom. The van der Waals surface area contributed by atoms with E-state index < -0.39 is 0 Å².